The largest absolute Gasteiger partial charge is 0.370 e. The van der Waals surface area contributed by atoms with Crippen LogP contribution in [0.2, 0.25) is 0 Å². The highest BCUT2D eigenvalue weighted by Gasteiger charge is 2.44. The summed E-state index contributed by atoms with van der Waals surface area (Å²) < 4.78 is 0. The monoisotopic (exact) mass is 167 g/mol. The van der Waals surface area contributed by atoms with Crippen molar-refractivity contribution in [1.29, 1.82) is 0 Å². The van der Waals surface area contributed by atoms with Gasteiger partial charge in [0.05, 0.1) is 0 Å². The van der Waals surface area contributed by atoms with Crippen molar-refractivity contribution in [3.63, 3.8) is 0 Å². The highest BCUT2D eigenvalue weighted by Crippen LogP contribution is 2.47. The topological polar surface area (TPSA) is 3.24 Å². The smallest absolute Gasteiger partial charge is 0.0351 e. The van der Waals surface area contributed by atoms with Crippen LogP contribution in [0.4, 0.5) is 0 Å². The number of allylic oxidation sites excluding steroid dienone is 1. The minimum absolute atomic E-state index is 0.291. The summed E-state index contributed by atoms with van der Waals surface area (Å²) in [6.45, 7) is 16.6. The lowest BCUT2D eigenvalue weighted by Gasteiger charge is -2.33. The van der Waals surface area contributed by atoms with Crippen LogP contribution in [-0.4, -0.2) is 17.0 Å². The van der Waals surface area contributed by atoms with Crippen LogP contribution in [0.25, 0.3) is 0 Å². The van der Waals surface area contributed by atoms with Crippen molar-refractivity contribution in [2.24, 2.45) is 5.41 Å². The summed E-state index contributed by atoms with van der Waals surface area (Å²) in [5.74, 6) is 0. The second kappa shape index (κ2) is 2.51. The standard InChI is InChI=1S/C11H21N/c1-7-12-9(2)10(3,4)8-11(12,5)6/h2,7-8H2,1,3-6H3. The molecular formula is C11H21N. The van der Waals surface area contributed by atoms with E-state index in [2.05, 4.69) is 46.1 Å². The molecule has 1 aliphatic rings. The Balaban J connectivity index is 2.96. The summed E-state index contributed by atoms with van der Waals surface area (Å²) in [5, 5.41) is 0. The second-order valence-electron chi connectivity index (χ2n) is 5.06. The Bertz CT molecular complexity index is 201. The Hall–Kier alpha value is -0.460. The zero-order valence-electron chi connectivity index (χ0n) is 9.07. The van der Waals surface area contributed by atoms with E-state index in [4.69, 9.17) is 0 Å². The third-order valence-electron chi connectivity index (χ3n) is 3.03. The number of rotatable bonds is 1. The first-order valence-electron chi connectivity index (χ1n) is 4.78. The van der Waals surface area contributed by atoms with Crippen molar-refractivity contribution in [3.8, 4) is 0 Å². The van der Waals surface area contributed by atoms with E-state index in [9.17, 15) is 0 Å². The zero-order valence-corrected chi connectivity index (χ0v) is 9.07. The Kier molecular flexibility index (Phi) is 2.02. The summed E-state index contributed by atoms with van der Waals surface area (Å²) in [5.41, 5.74) is 1.89. The fourth-order valence-electron chi connectivity index (χ4n) is 2.63. The van der Waals surface area contributed by atoms with Gasteiger partial charge in [0, 0.05) is 23.2 Å². The molecule has 70 valence electrons. The molecule has 1 heteroatoms. The fourth-order valence-corrected chi connectivity index (χ4v) is 2.63. The van der Waals surface area contributed by atoms with Crippen molar-refractivity contribution in [3.05, 3.63) is 12.3 Å². The van der Waals surface area contributed by atoms with Crippen molar-refractivity contribution < 1.29 is 0 Å². The fraction of sp³-hybridized carbons (Fsp3) is 0.818. The van der Waals surface area contributed by atoms with Crippen LogP contribution in [0.3, 0.4) is 0 Å². The van der Waals surface area contributed by atoms with Gasteiger partial charge >= 0.3 is 0 Å². The second-order valence-corrected chi connectivity index (χ2v) is 5.06. The maximum Gasteiger partial charge on any atom is 0.0351 e. The molecule has 0 amide bonds. The summed E-state index contributed by atoms with van der Waals surface area (Å²) in [7, 11) is 0. The van der Waals surface area contributed by atoms with Crippen LogP contribution in [-0.2, 0) is 0 Å². The third kappa shape index (κ3) is 1.26. The SMILES string of the molecule is C=C1N(CC)C(C)(C)CC1(C)C. The molecule has 0 radical (unpaired) electrons. The first-order chi connectivity index (χ1) is 5.31. The van der Waals surface area contributed by atoms with E-state index < -0.39 is 0 Å². The molecule has 0 atom stereocenters. The predicted octanol–water partition coefficient (Wildman–Crippen LogP) is 3.03. The van der Waals surface area contributed by atoms with Gasteiger partial charge in [0.25, 0.3) is 0 Å². The quantitative estimate of drug-likeness (QED) is 0.580. The van der Waals surface area contributed by atoms with Gasteiger partial charge in [-0.15, -0.1) is 0 Å². The Morgan fingerprint density at radius 2 is 1.83 bits per heavy atom. The highest BCUT2D eigenvalue weighted by atomic mass is 15.2. The van der Waals surface area contributed by atoms with Crippen molar-refractivity contribution in [2.45, 2.75) is 46.6 Å². The van der Waals surface area contributed by atoms with Crippen LogP contribution < -0.4 is 0 Å². The van der Waals surface area contributed by atoms with Crippen molar-refractivity contribution >= 4 is 0 Å². The molecular weight excluding hydrogens is 146 g/mol. The molecule has 1 aliphatic heterocycles. The molecule has 0 N–H and O–H groups in total. The molecule has 0 unspecified atom stereocenters. The normalized spacial score (nSPS) is 26.4. The van der Waals surface area contributed by atoms with Crippen LogP contribution in [0, 0.1) is 5.41 Å². The van der Waals surface area contributed by atoms with E-state index in [-0.39, 0.29) is 0 Å². The minimum atomic E-state index is 0.291. The first-order valence-corrected chi connectivity index (χ1v) is 4.78. The van der Waals surface area contributed by atoms with E-state index in [1.165, 1.54) is 12.1 Å². The van der Waals surface area contributed by atoms with Gasteiger partial charge in [0.15, 0.2) is 0 Å². The predicted molar refractivity (Wildman–Crippen MR) is 54.0 cm³/mol. The number of likely N-dealkylation sites (tertiary alicyclic amines) is 1. The molecule has 1 rings (SSSR count). The van der Waals surface area contributed by atoms with Crippen molar-refractivity contribution in [2.75, 3.05) is 6.54 Å². The number of hydrogen-bond acceptors (Lipinski definition) is 1. The van der Waals surface area contributed by atoms with Crippen molar-refractivity contribution in [1.82, 2.24) is 4.90 Å². The lowest BCUT2D eigenvalue weighted by molar-refractivity contribution is 0.215. The number of hydrogen-bond donors (Lipinski definition) is 0. The molecule has 1 heterocycles. The molecule has 1 saturated heterocycles. The molecule has 1 fully saturated rings. The van der Waals surface area contributed by atoms with Crippen LogP contribution in [0.15, 0.2) is 12.3 Å². The molecule has 0 aromatic heterocycles. The zero-order chi connectivity index (χ0) is 9.57. The Morgan fingerprint density at radius 1 is 1.33 bits per heavy atom. The maximum atomic E-state index is 4.18. The molecule has 0 aliphatic carbocycles. The molecule has 0 aromatic rings. The molecule has 1 nitrogen and oxygen atoms in total. The minimum Gasteiger partial charge on any atom is -0.370 e. The van der Waals surface area contributed by atoms with Crippen LogP contribution >= 0.6 is 0 Å². The van der Waals surface area contributed by atoms with Gasteiger partial charge in [-0.25, -0.2) is 0 Å². The average molecular weight is 167 g/mol. The van der Waals surface area contributed by atoms with Crippen LogP contribution in [0.5, 0.6) is 0 Å². The summed E-state index contributed by atoms with van der Waals surface area (Å²) >= 11 is 0. The van der Waals surface area contributed by atoms with E-state index in [1.807, 2.05) is 0 Å². The molecule has 0 aromatic carbocycles. The van der Waals surface area contributed by atoms with Gasteiger partial charge in [0.1, 0.15) is 0 Å². The molecule has 0 saturated carbocycles. The maximum absolute atomic E-state index is 4.18. The highest BCUT2D eigenvalue weighted by molar-refractivity contribution is 5.18. The Morgan fingerprint density at radius 3 is 2.00 bits per heavy atom. The van der Waals surface area contributed by atoms with Gasteiger partial charge in [-0.05, 0) is 27.2 Å². The van der Waals surface area contributed by atoms with E-state index in [1.54, 1.807) is 0 Å². The molecule has 0 spiro atoms. The van der Waals surface area contributed by atoms with E-state index in [0.29, 0.717) is 11.0 Å². The molecule has 12 heavy (non-hydrogen) atoms. The summed E-state index contributed by atoms with van der Waals surface area (Å²) in [4.78, 5) is 2.42. The lowest BCUT2D eigenvalue weighted by Crippen LogP contribution is -2.36. The van der Waals surface area contributed by atoms with Gasteiger partial charge in [0.2, 0.25) is 0 Å². The van der Waals surface area contributed by atoms with Gasteiger partial charge in [-0.2, -0.15) is 0 Å². The first kappa shape index (κ1) is 9.63. The van der Waals surface area contributed by atoms with Crippen LogP contribution in [0.1, 0.15) is 41.0 Å². The Labute approximate surface area is 76.5 Å². The van der Waals surface area contributed by atoms with E-state index >= 15 is 0 Å². The summed E-state index contributed by atoms with van der Waals surface area (Å²) in [6, 6.07) is 0. The average Bonchev–Trinajstić information content (AvgIpc) is 1.98. The summed E-state index contributed by atoms with van der Waals surface area (Å²) in [6.07, 6.45) is 1.21. The third-order valence-corrected chi connectivity index (χ3v) is 3.03. The van der Waals surface area contributed by atoms with Gasteiger partial charge in [-0.3, -0.25) is 0 Å². The lowest BCUT2D eigenvalue weighted by atomic mass is 9.84. The molecule has 0 bridgehead atoms. The van der Waals surface area contributed by atoms with Gasteiger partial charge in [-0.1, -0.05) is 20.4 Å². The van der Waals surface area contributed by atoms with E-state index in [0.717, 1.165) is 6.54 Å². The number of nitrogens with zero attached hydrogens (tertiary/aromatic N) is 1. The van der Waals surface area contributed by atoms with Gasteiger partial charge < -0.3 is 4.90 Å².